The Morgan fingerprint density at radius 3 is 2.00 bits per heavy atom. The van der Waals surface area contributed by atoms with Gasteiger partial charge in [0.15, 0.2) is 0 Å². The molecule has 0 aromatic heterocycles. The molecule has 13 heavy (non-hydrogen) atoms. The molecule has 0 heterocycles. The van der Waals surface area contributed by atoms with Crippen LogP contribution >= 0.6 is 0 Å². The van der Waals surface area contributed by atoms with Crippen LogP contribution in [0.5, 0.6) is 0 Å². The van der Waals surface area contributed by atoms with Crippen LogP contribution in [-0.4, -0.2) is 27.2 Å². The first-order valence-corrected chi connectivity index (χ1v) is 5.27. The van der Waals surface area contributed by atoms with E-state index in [1.54, 1.807) is 0 Å². The highest BCUT2D eigenvalue weighted by molar-refractivity contribution is 7.71. The van der Waals surface area contributed by atoms with E-state index in [0.717, 1.165) is 5.37 Å². The third-order valence-electron chi connectivity index (χ3n) is 0.784. The van der Waals surface area contributed by atoms with Crippen molar-refractivity contribution in [2.24, 2.45) is 0 Å². The maximum atomic E-state index is 9.94. The zero-order chi connectivity index (χ0) is 10.1. The SMILES string of the molecule is O=S(=O)=C=CC=CC=CC=S(=O)=O. The highest BCUT2D eigenvalue weighted by Crippen LogP contribution is 1.74. The minimum atomic E-state index is -2.32. The number of hydrogen-bond acceptors (Lipinski definition) is 4. The first-order valence-electron chi connectivity index (χ1n) is 3.06. The van der Waals surface area contributed by atoms with E-state index in [-0.39, 0.29) is 0 Å². The van der Waals surface area contributed by atoms with Gasteiger partial charge in [-0.15, -0.1) is 0 Å². The lowest BCUT2D eigenvalue weighted by Gasteiger charge is -1.66. The predicted molar refractivity (Wildman–Crippen MR) is 51.8 cm³/mol. The average molecular weight is 218 g/mol. The Hall–Kier alpha value is -1.36. The highest BCUT2D eigenvalue weighted by atomic mass is 32.2. The first-order chi connectivity index (χ1) is 6.13. The fourth-order valence-corrected chi connectivity index (χ4v) is 0.797. The topological polar surface area (TPSA) is 68.3 Å². The molecule has 4 nitrogen and oxygen atoms in total. The van der Waals surface area contributed by atoms with E-state index >= 15 is 0 Å². The van der Waals surface area contributed by atoms with E-state index in [9.17, 15) is 16.8 Å². The number of allylic oxidation sites excluding steroid dienone is 5. The van der Waals surface area contributed by atoms with Crippen LogP contribution in [0.25, 0.3) is 0 Å². The van der Waals surface area contributed by atoms with Gasteiger partial charge in [0.1, 0.15) is 0 Å². The summed E-state index contributed by atoms with van der Waals surface area (Å²) in [5, 5.41) is 2.95. The van der Waals surface area contributed by atoms with Crippen molar-refractivity contribution in [3.05, 3.63) is 30.4 Å². The van der Waals surface area contributed by atoms with Crippen LogP contribution in [-0.2, 0) is 20.6 Å². The molecule has 0 radical (unpaired) electrons. The monoisotopic (exact) mass is 218 g/mol. The largest absolute Gasteiger partial charge is 0.260 e. The van der Waals surface area contributed by atoms with E-state index in [1.807, 2.05) is 5.02 Å². The Labute approximate surface area is 78.6 Å². The fourth-order valence-electron chi connectivity index (χ4n) is 0.388. The summed E-state index contributed by atoms with van der Waals surface area (Å²) in [5.41, 5.74) is 0. The minimum Gasteiger partial charge on any atom is -0.185 e. The van der Waals surface area contributed by atoms with Crippen LogP contribution in [0.15, 0.2) is 30.4 Å². The second kappa shape index (κ2) is 7.30. The lowest BCUT2D eigenvalue weighted by atomic mass is 10.4. The van der Waals surface area contributed by atoms with Gasteiger partial charge < -0.3 is 0 Å². The Kier molecular flexibility index (Phi) is 6.53. The normalized spacial score (nSPS) is 9.85. The summed E-state index contributed by atoms with van der Waals surface area (Å²) < 4.78 is 39.7. The number of rotatable bonds is 3. The van der Waals surface area contributed by atoms with Crippen molar-refractivity contribution in [2.75, 3.05) is 0 Å². The summed E-state index contributed by atoms with van der Waals surface area (Å²) >= 11 is 0. The molecule has 0 saturated carbocycles. The molecule has 70 valence electrons. The minimum absolute atomic E-state index is 0.962. The van der Waals surface area contributed by atoms with Gasteiger partial charge in [-0.1, -0.05) is 18.2 Å². The molecular weight excluding hydrogens is 212 g/mol. The van der Waals surface area contributed by atoms with Gasteiger partial charge in [0, 0.05) is 5.02 Å². The summed E-state index contributed by atoms with van der Waals surface area (Å²) in [6.07, 6.45) is 6.84. The average Bonchev–Trinajstić information content (AvgIpc) is 2.01. The second-order valence-corrected chi connectivity index (χ2v) is 3.18. The van der Waals surface area contributed by atoms with Crippen LogP contribution in [0.4, 0.5) is 0 Å². The lowest BCUT2D eigenvalue weighted by Crippen LogP contribution is -1.63. The smallest absolute Gasteiger partial charge is 0.185 e. The van der Waals surface area contributed by atoms with Crippen LogP contribution in [0.2, 0.25) is 0 Å². The Balaban J connectivity index is 4.28. The zero-order valence-electron chi connectivity index (χ0n) is 6.41. The van der Waals surface area contributed by atoms with Crippen molar-refractivity contribution in [3.8, 4) is 0 Å². The Morgan fingerprint density at radius 1 is 0.846 bits per heavy atom. The lowest BCUT2D eigenvalue weighted by molar-refractivity contribution is 0.626. The van der Waals surface area contributed by atoms with E-state index < -0.39 is 20.6 Å². The first kappa shape index (κ1) is 11.6. The van der Waals surface area contributed by atoms with Crippen molar-refractivity contribution < 1.29 is 16.8 Å². The van der Waals surface area contributed by atoms with Gasteiger partial charge in [-0.05, 0) is 12.2 Å². The highest BCUT2D eigenvalue weighted by Gasteiger charge is 1.64. The fraction of sp³-hybridized carbons (Fsp3) is 0. The molecule has 6 heteroatoms. The van der Waals surface area contributed by atoms with Gasteiger partial charge in [0.2, 0.25) is 10.3 Å². The molecule has 0 rings (SSSR count). The molecule has 0 N–H and O–H groups in total. The maximum Gasteiger partial charge on any atom is 0.260 e. The molecule has 0 amide bonds. The van der Waals surface area contributed by atoms with Crippen molar-refractivity contribution in [2.45, 2.75) is 0 Å². The van der Waals surface area contributed by atoms with Gasteiger partial charge >= 0.3 is 0 Å². The summed E-state index contributed by atoms with van der Waals surface area (Å²) in [5.74, 6) is 0. The van der Waals surface area contributed by atoms with Crippen LogP contribution in [0.1, 0.15) is 0 Å². The summed E-state index contributed by atoms with van der Waals surface area (Å²) in [4.78, 5) is 0. The van der Waals surface area contributed by atoms with Gasteiger partial charge in [-0.25, -0.2) is 0 Å². The Bertz CT molecular complexity index is 481. The van der Waals surface area contributed by atoms with Crippen molar-refractivity contribution >= 4 is 31.0 Å². The summed E-state index contributed by atoms with van der Waals surface area (Å²) in [6, 6.07) is 0. The number of hydrogen-bond donors (Lipinski definition) is 0. The van der Waals surface area contributed by atoms with Crippen LogP contribution in [0, 0.1) is 0 Å². The third-order valence-corrected chi connectivity index (χ3v) is 1.49. The molecule has 0 fully saturated rings. The van der Waals surface area contributed by atoms with Crippen molar-refractivity contribution in [3.63, 3.8) is 0 Å². The molecular formula is C7H6O4S2. The summed E-state index contributed by atoms with van der Waals surface area (Å²) in [6.45, 7) is 0. The molecule has 0 bridgehead atoms. The van der Waals surface area contributed by atoms with Gasteiger partial charge in [0.05, 0.1) is 5.37 Å². The van der Waals surface area contributed by atoms with Gasteiger partial charge in [-0.2, -0.15) is 16.8 Å². The van der Waals surface area contributed by atoms with Crippen LogP contribution < -0.4 is 0 Å². The van der Waals surface area contributed by atoms with E-state index in [1.165, 1.54) is 30.4 Å². The standard InChI is InChI=1S/C7H6O4S2/c8-12(9)6-4-2-1-3-5-7-13(10)11/h1-6H. The molecule has 0 saturated heterocycles. The van der Waals surface area contributed by atoms with Gasteiger partial charge in [-0.3, -0.25) is 0 Å². The molecule has 0 aromatic carbocycles. The zero-order valence-corrected chi connectivity index (χ0v) is 8.05. The van der Waals surface area contributed by atoms with E-state index in [0.29, 0.717) is 0 Å². The molecule has 0 spiro atoms. The molecule has 0 aliphatic heterocycles. The maximum absolute atomic E-state index is 9.94. The second-order valence-electron chi connectivity index (χ2n) is 1.69. The predicted octanol–water partition coefficient (Wildman–Crippen LogP) is -0.383. The van der Waals surface area contributed by atoms with Gasteiger partial charge in [0.25, 0.3) is 10.3 Å². The molecule has 0 atom stereocenters. The molecule has 0 unspecified atom stereocenters. The molecule has 0 aliphatic carbocycles. The van der Waals surface area contributed by atoms with E-state index in [2.05, 4.69) is 0 Å². The third kappa shape index (κ3) is 10.6. The summed E-state index contributed by atoms with van der Waals surface area (Å²) in [7, 11) is -4.52. The van der Waals surface area contributed by atoms with Crippen molar-refractivity contribution in [1.29, 1.82) is 0 Å². The quantitative estimate of drug-likeness (QED) is 0.368. The molecule has 0 aliphatic rings. The van der Waals surface area contributed by atoms with Crippen LogP contribution in [0.3, 0.4) is 0 Å². The van der Waals surface area contributed by atoms with Crippen molar-refractivity contribution in [1.82, 2.24) is 0 Å². The van der Waals surface area contributed by atoms with E-state index in [4.69, 9.17) is 0 Å². The molecule has 0 aromatic rings. The Morgan fingerprint density at radius 2 is 1.46 bits per heavy atom.